The predicted octanol–water partition coefficient (Wildman–Crippen LogP) is 3.83. The monoisotopic (exact) mass is 329 g/mol. The van der Waals surface area contributed by atoms with E-state index in [0.717, 1.165) is 28.7 Å². The van der Waals surface area contributed by atoms with Crippen molar-refractivity contribution in [1.82, 2.24) is 15.1 Å². The Labute approximate surface area is 138 Å². The van der Waals surface area contributed by atoms with E-state index in [9.17, 15) is 13.6 Å². The molecule has 0 aliphatic rings. The summed E-state index contributed by atoms with van der Waals surface area (Å²) < 4.78 is 28.1. The van der Waals surface area contributed by atoms with Crippen molar-refractivity contribution >= 4 is 16.8 Å². The zero-order chi connectivity index (χ0) is 17.3. The molecule has 3 aromatic rings. The molecule has 0 aliphatic carbocycles. The molecule has 1 amide bonds. The van der Waals surface area contributed by atoms with Crippen LogP contribution in [0.1, 0.15) is 35.9 Å². The number of aromatic nitrogens is 2. The fraction of sp³-hybridized carbons (Fsp3) is 0.222. The van der Waals surface area contributed by atoms with E-state index in [0.29, 0.717) is 0 Å². The number of nitrogens with one attached hydrogen (secondary N) is 1. The molecular formula is C18H17F2N3O. The molecule has 0 saturated heterocycles. The summed E-state index contributed by atoms with van der Waals surface area (Å²) in [6.07, 6.45) is 0. The third-order valence-corrected chi connectivity index (χ3v) is 3.78. The molecule has 1 N–H and O–H groups in total. The molecule has 0 radical (unpaired) electrons. The lowest BCUT2D eigenvalue weighted by Crippen LogP contribution is -2.23. The first-order chi connectivity index (χ1) is 11.5. The van der Waals surface area contributed by atoms with Crippen LogP contribution < -0.4 is 5.32 Å². The molecule has 124 valence electrons. The SMILES string of the molecule is CC(C)n1nc(CNC(=O)c2ccc(F)c(F)c2)c2ccccc21. The van der Waals surface area contributed by atoms with Crippen molar-refractivity contribution in [3.8, 4) is 0 Å². The van der Waals surface area contributed by atoms with Gasteiger partial charge in [0.25, 0.3) is 5.91 Å². The van der Waals surface area contributed by atoms with Crippen LogP contribution in [0.25, 0.3) is 10.9 Å². The maximum absolute atomic E-state index is 13.2. The topological polar surface area (TPSA) is 46.9 Å². The summed E-state index contributed by atoms with van der Waals surface area (Å²) >= 11 is 0. The molecule has 0 atom stereocenters. The van der Waals surface area contributed by atoms with Gasteiger partial charge in [0.05, 0.1) is 17.8 Å². The van der Waals surface area contributed by atoms with Crippen LogP contribution in [0.5, 0.6) is 0 Å². The lowest BCUT2D eigenvalue weighted by atomic mass is 10.2. The van der Waals surface area contributed by atoms with Gasteiger partial charge in [0.1, 0.15) is 0 Å². The van der Waals surface area contributed by atoms with Gasteiger partial charge in [-0.3, -0.25) is 9.48 Å². The molecule has 0 saturated carbocycles. The van der Waals surface area contributed by atoms with Crippen LogP contribution in [-0.2, 0) is 6.54 Å². The van der Waals surface area contributed by atoms with Crippen LogP contribution in [0.2, 0.25) is 0 Å². The first-order valence-corrected chi connectivity index (χ1v) is 7.66. The Balaban J connectivity index is 1.83. The van der Waals surface area contributed by atoms with E-state index in [2.05, 4.69) is 10.4 Å². The molecule has 6 heteroatoms. The standard InChI is InChI=1S/C18H17F2N3O/c1-11(2)23-17-6-4-3-5-13(17)16(22-23)10-21-18(24)12-7-8-14(19)15(20)9-12/h3-9,11H,10H2,1-2H3,(H,21,24). The highest BCUT2D eigenvalue weighted by Crippen LogP contribution is 2.21. The van der Waals surface area contributed by atoms with Gasteiger partial charge in [-0.25, -0.2) is 8.78 Å². The second-order valence-electron chi connectivity index (χ2n) is 5.81. The van der Waals surface area contributed by atoms with E-state index in [4.69, 9.17) is 0 Å². The minimum atomic E-state index is -1.04. The Morgan fingerprint density at radius 2 is 1.92 bits per heavy atom. The number of halogens is 2. The molecule has 24 heavy (non-hydrogen) atoms. The van der Waals surface area contributed by atoms with Crippen LogP contribution >= 0.6 is 0 Å². The van der Waals surface area contributed by atoms with Gasteiger partial charge in [0, 0.05) is 17.0 Å². The molecule has 1 heterocycles. The molecule has 0 aliphatic heterocycles. The quantitative estimate of drug-likeness (QED) is 0.791. The van der Waals surface area contributed by atoms with Crippen molar-refractivity contribution in [2.45, 2.75) is 26.4 Å². The van der Waals surface area contributed by atoms with Gasteiger partial charge in [0.15, 0.2) is 11.6 Å². The van der Waals surface area contributed by atoms with Gasteiger partial charge in [-0.05, 0) is 38.1 Å². The van der Waals surface area contributed by atoms with Gasteiger partial charge in [0.2, 0.25) is 0 Å². The average molecular weight is 329 g/mol. The summed E-state index contributed by atoms with van der Waals surface area (Å²) in [6, 6.07) is 11.0. The first kappa shape index (κ1) is 16.1. The zero-order valence-electron chi connectivity index (χ0n) is 13.4. The number of para-hydroxylation sites is 1. The van der Waals surface area contributed by atoms with Crippen LogP contribution in [0.4, 0.5) is 8.78 Å². The Hall–Kier alpha value is -2.76. The minimum Gasteiger partial charge on any atom is -0.346 e. The molecule has 2 aromatic carbocycles. The number of carbonyl (C=O) groups excluding carboxylic acids is 1. The third kappa shape index (κ3) is 2.99. The zero-order valence-corrected chi connectivity index (χ0v) is 13.4. The fourth-order valence-electron chi connectivity index (χ4n) is 2.58. The van der Waals surface area contributed by atoms with Gasteiger partial charge in [-0.15, -0.1) is 0 Å². The Bertz CT molecular complexity index is 902. The fourth-order valence-corrected chi connectivity index (χ4v) is 2.58. The number of hydrogen-bond donors (Lipinski definition) is 1. The number of fused-ring (bicyclic) bond motifs is 1. The van der Waals surface area contributed by atoms with Crippen LogP contribution in [-0.4, -0.2) is 15.7 Å². The van der Waals surface area contributed by atoms with Crippen molar-refractivity contribution in [3.05, 3.63) is 65.4 Å². The van der Waals surface area contributed by atoms with E-state index in [1.165, 1.54) is 6.07 Å². The number of amides is 1. The second kappa shape index (κ2) is 6.39. The molecule has 3 rings (SSSR count). The highest BCUT2D eigenvalue weighted by Gasteiger charge is 2.14. The Kier molecular flexibility index (Phi) is 4.29. The van der Waals surface area contributed by atoms with Crippen molar-refractivity contribution in [2.24, 2.45) is 0 Å². The Morgan fingerprint density at radius 3 is 2.62 bits per heavy atom. The maximum Gasteiger partial charge on any atom is 0.251 e. The van der Waals surface area contributed by atoms with Crippen LogP contribution in [0, 0.1) is 11.6 Å². The van der Waals surface area contributed by atoms with E-state index in [1.807, 2.05) is 42.8 Å². The summed E-state index contributed by atoms with van der Waals surface area (Å²) in [7, 11) is 0. The lowest BCUT2D eigenvalue weighted by Gasteiger charge is -2.06. The summed E-state index contributed by atoms with van der Waals surface area (Å²) in [5.41, 5.74) is 1.79. The predicted molar refractivity (Wildman–Crippen MR) is 87.6 cm³/mol. The van der Waals surface area contributed by atoms with Gasteiger partial charge >= 0.3 is 0 Å². The summed E-state index contributed by atoms with van der Waals surface area (Å²) in [6.45, 7) is 4.27. The number of hydrogen-bond acceptors (Lipinski definition) is 2. The summed E-state index contributed by atoms with van der Waals surface area (Å²) in [5.74, 6) is -2.50. The van der Waals surface area contributed by atoms with Crippen molar-refractivity contribution in [3.63, 3.8) is 0 Å². The lowest BCUT2D eigenvalue weighted by molar-refractivity contribution is 0.0950. The highest BCUT2D eigenvalue weighted by molar-refractivity contribution is 5.94. The van der Waals surface area contributed by atoms with Crippen molar-refractivity contribution in [2.75, 3.05) is 0 Å². The van der Waals surface area contributed by atoms with Crippen molar-refractivity contribution < 1.29 is 13.6 Å². The molecular weight excluding hydrogens is 312 g/mol. The first-order valence-electron chi connectivity index (χ1n) is 7.66. The molecule has 4 nitrogen and oxygen atoms in total. The molecule has 0 fully saturated rings. The number of benzene rings is 2. The van der Waals surface area contributed by atoms with E-state index in [-0.39, 0.29) is 18.2 Å². The normalized spacial score (nSPS) is 11.2. The Morgan fingerprint density at radius 1 is 1.17 bits per heavy atom. The van der Waals surface area contributed by atoms with Crippen molar-refractivity contribution in [1.29, 1.82) is 0 Å². The number of carbonyl (C=O) groups is 1. The van der Waals surface area contributed by atoms with Crippen LogP contribution in [0.3, 0.4) is 0 Å². The third-order valence-electron chi connectivity index (χ3n) is 3.78. The van der Waals surface area contributed by atoms with Crippen LogP contribution in [0.15, 0.2) is 42.5 Å². The van der Waals surface area contributed by atoms with E-state index in [1.54, 1.807) is 0 Å². The highest BCUT2D eigenvalue weighted by atomic mass is 19.2. The molecule has 1 aromatic heterocycles. The number of rotatable bonds is 4. The minimum absolute atomic E-state index is 0.0708. The molecule has 0 bridgehead atoms. The number of nitrogens with zero attached hydrogens (tertiary/aromatic N) is 2. The molecule has 0 spiro atoms. The summed E-state index contributed by atoms with van der Waals surface area (Å²) in [5, 5.41) is 8.21. The van der Waals surface area contributed by atoms with Gasteiger partial charge < -0.3 is 5.32 Å². The van der Waals surface area contributed by atoms with E-state index < -0.39 is 17.5 Å². The van der Waals surface area contributed by atoms with Gasteiger partial charge in [-0.2, -0.15) is 5.10 Å². The summed E-state index contributed by atoms with van der Waals surface area (Å²) in [4.78, 5) is 12.1. The van der Waals surface area contributed by atoms with E-state index >= 15 is 0 Å². The molecule has 0 unspecified atom stereocenters. The van der Waals surface area contributed by atoms with Gasteiger partial charge in [-0.1, -0.05) is 18.2 Å². The average Bonchev–Trinajstić information content (AvgIpc) is 2.94. The maximum atomic E-state index is 13.2. The smallest absolute Gasteiger partial charge is 0.251 e. The largest absolute Gasteiger partial charge is 0.346 e. The second-order valence-corrected chi connectivity index (χ2v) is 5.81.